The van der Waals surface area contributed by atoms with Gasteiger partial charge in [0.25, 0.3) is 5.91 Å². The molecule has 0 spiro atoms. The molecule has 146 valence electrons. The summed E-state index contributed by atoms with van der Waals surface area (Å²) in [7, 11) is 0. The third-order valence-electron chi connectivity index (χ3n) is 6.11. The van der Waals surface area contributed by atoms with E-state index >= 15 is 0 Å². The van der Waals surface area contributed by atoms with E-state index in [4.69, 9.17) is 0 Å². The van der Waals surface area contributed by atoms with Crippen LogP contribution in [-0.2, 0) is 9.59 Å². The van der Waals surface area contributed by atoms with Crippen molar-refractivity contribution in [2.45, 2.75) is 59.0 Å². The Hall–Kier alpha value is -2.37. The molecule has 1 saturated heterocycles. The van der Waals surface area contributed by atoms with Crippen LogP contribution in [0.3, 0.4) is 0 Å². The van der Waals surface area contributed by atoms with Crippen LogP contribution in [0.25, 0.3) is 0 Å². The Bertz CT molecular complexity index is 731. The Labute approximate surface area is 160 Å². The SMILES string of the molecule is Cc1ccc(N2C(=O)N(CC(=O)NC3CCCC(C)C3C)C(=O)C2C)cc1. The van der Waals surface area contributed by atoms with Gasteiger partial charge in [-0.05, 0) is 44.2 Å². The third-order valence-corrected chi connectivity index (χ3v) is 6.11. The van der Waals surface area contributed by atoms with Crippen LogP contribution in [0.2, 0.25) is 0 Å². The van der Waals surface area contributed by atoms with Crippen molar-refractivity contribution < 1.29 is 14.4 Å². The third kappa shape index (κ3) is 3.84. The molecule has 6 heteroatoms. The van der Waals surface area contributed by atoms with E-state index in [2.05, 4.69) is 19.2 Å². The van der Waals surface area contributed by atoms with Gasteiger partial charge < -0.3 is 5.32 Å². The first-order valence-electron chi connectivity index (χ1n) is 9.80. The number of carbonyl (C=O) groups excluding carboxylic acids is 3. The van der Waals surface area contributed by atoms with Crippen molar-refractivity contribution >= 4 is 23.5 Å². The maximum Gasteiger partial charge on any atom is 0.332 e. The van der Waals surface area contributed by atoms with Crippen LogP contribution in [0.5, 0.6) is 0 Å². The van der Waals surface area contributed by atoms with Gasteiger partial charge in [0.2, 0.25) is 5.91 Å². The van der Waals surface area contributed by atoms with Crippen molar-refractivity contribution in [3.63, 3.8) is 0 Å². The van der Waals surface area contributed by atoms with E-state index in [1.54, 1.807) is 6.92 Å². The second-order valence-corrected chi connectivity index (χ2v) is 8.03. The lowest BCUT2D eigenvalue weighted by molar-refractivity contribution is -0.132. The molecule has 1 heterocycles. The lowest BCUT2D eigenvalue weighted by Gasteiger charge is -2.34. The van der Waals surface area contributed by atoms with Crippen LogP contribution in [-0.4, -0.2) is 41.4 Å². The highest BCUT2D eigenvalue weighted by Gasteiger charge is 2.44. The number of hydrogen-bond donors (Lipinski definition) is 1. The van der Waals surface area contributed by atoms with Gasteiger partial charge in [-0.15, -0.1) is 0 Å². The number of imide groups is 1. The van der Waals surface area contributed by atoms with Crippen LogP contribution in [0.15, 0.2) is 24.3 Å². The molecule has 1 aromatic rings. The van der Waals surface area contributed by atoms with Gasteiger partial charge in [0.15, 0.2) is 0 Å². The van der Waals surface area contributed by atoms with Crippen LogP contribution in [0.1, 0.15) is 45.6 Å². The summed E-state index contributed by atoms with van der Waals surface area (Å²) in [4.78, 5) is 40.5. The molecule has 1 aliphatic carbocycles. The van der Waals surface area contributed by atoms with E-state index in [-0.39, 0.29) is 24.4 Å². The number of anilines is 1. The number of carbonyl (C=O) groups is 3. The first kappa shape index (κ1) is 19.4. The van der Waals surface area contributed by atoms with Crippen molar-refractivity contribution in [2.75, 3.05) is 11.4 Å². The molecule has 2 aliphatic rings. The Morgan fingerprint density at radius 1 is 1.11 bits per heavy atom. The molecule has 6 nitrogen and oxygen atoms in total. The summed E-state index contributed by atoms with van der Waals surface area (Å²) < 4.78 is 0. The summed E-state index contributed by atoms with van der Waals surface area (Å²) in [6.07, 6.45) is 3.22. The average molecular weight is 371 g/mol. The number of benzene rings is 1. The van der Waals surface area contributed by atoms with Crippen LogP contribution in [0, 0.1) is 18.8 Å². The molecule has 4 amide bonds. The highest BCUT2D eigenvalue weighted by molar-refractivity contribution is 6.15. The smallest absolute Gasteiger partial charge is 0.332 e. The number of nitrogens with one attached hydrogen (secondary N) is 1. The molecule has 2 fully saturated rings. The minimum absolute atomic E-state index is 0.111. The summed E-state index contributed by atoms with van der Waals surface area (Å²) in [6.45, 7) is 7.80. The lowest BCUT2D eigenvalue weighted by atomic mass is 9.78. The van der Waals surface area contributed by atoms with Gasteiger partial charge in [0, 0.05) is 11.7 Å². The highest BCUT2D eigenvalue weighted by Crippen LogP contribution is 2.30. The van der Waals surface area contributed by atoms with Crippen molar-refractivity contribution in [3.05, 3.63) is 29.8 Å². The molecule has 1 N–H and O–H groups in total. The van der Waals surface area contributed by atoms with Gasteiger partial charge in [-0.25, -0.2) is 4.79 Å². The van der Waals surface area contributed by atoms with Gasteiger partial charge >= 0.3 is 6.03 Å². The minimum Gasteiger partial charge on any atom is -0.352 e. The molecule has 27 heavy (non-hydrogen) atoms. The molecule has 1 aliphatic heterocycles. The van der Waals surface area contributed by atoms with Crippen LogP contribution >= 0.6 is 0 Å². The molecule has 0 aromatic heterocycles. The zero-order valence-electron chi connectivity index (χ0n) is 16.6. The summed E-state index contributed by atoms with van der Waals surface area (Å²) in [6, 6.07) is 6.52. The Morgan fingerprint density at radius 2 is 1.78 bits per heavy atom. The average Bonchev–Trinajstić information content (AvgIpc) is 2.83. The standard InChI is InChI=1S/C21H29N3O3/c1-13-8-10-17(11-9-13)24-16(4)20(26)23(21(24)27)12-19(25)22-18-7-5-6-14(2)15(18)3/h8-11,14-16,18H,5-7,12H2,1-4H3,(H,22,25). The molecular weight excluding hydrogens is 342 g/mol. The second kappa shape index (κ2) is 7.71. The Kier molecular flexibility index (Phi) is 5.53. The Morgan fingerprint density at radius 3 is 2.44 bits per heavy atom. The van der Waals surface area contributed by atoms with Crippen LogP contribution < -0.4 is 10.2 Å². The van der Waals surface area contributed by atoms with Gasteiger partial charge in [-0.2, -0.15) is 0 Å². The molecule has 0 radical (unpaired) electrons. The molecule has 4 unspecified atom stereocenters. The van der Waals surface area contributed by atoms with E-state index in [1.807, 2.05) is 31.2 Å². The van der Waals surface area contributed by atoms with E-state index in [1.165, 1.54) is 11.3 Å². The maximum absolute atomic E-state index is 12.8. The number of hydrogen-bond acceptors (Lipinski definition) is 3. The number of urea groups is 1. The van der Waals surface area contributed by atoms with E-state index in [0.717, 1.165) is 23.3 Å². The van der Waals surface area contributed by atoms with Crippen LogP contribution in [0.4, 0.5) is 10.5 Å². The van der Waals surface area contributed by atoms with Gasteiger partial charge in [0.1, 0.15) is 12.6 Å². The first-order chi connectivity index (χ1) is 12.8. The predicted octanol–water partition coefficient (Wildman–Crippen LogP) is 3.09. The zero-order valence-corrected chi connectivity index (χ0v) is 16.6. The topological polar surface area (TPSA) is 69.7 Å². The molecule has 0 bridgehead atoms. The Balaban J connectivity index is 1.67. The van der Waals surface area contributed by atoms with Gasteiger partial charge in [-0.1, -0.05) is 44.4 Å². The fourth-order valence-corrected chi connectivity index (χ4v) is 4.09. The minimum atomic E-state index is -0.610. The molecule has 3 rings (SSSR count). The quantitative estimate of drug-likeness (QED) is 0.827. The fourth-order valence-electron chi connectivity index (χ4n) is 4.09. The summed E-state index contributed by atoms with van der Waals surface area (Å²) >= 11 is 0. The molecular formula is C21H29N3O3. The van der Waals surface area contributed by atoms with Crippen molar-refractivity contribution in [2.24, 2.45) is 11.8 Å². The summed E-state index contributed by atoms with van der Waals surface area (Å²) in [5.74, 6) is 0.369. The van der Waals surface area contributed by atoms with E-state index < -0.39 is 12.1 Å². The normalized spacial score (nSPS) is 28.6. The van der Waals surface area contributed by atoms with Gasteiger partial charge in [0.05, 0.1) is 0 Å². The lowest BCUT2D eigenvalue weighted by Crippen LogP contribution is -2.48. The monoisotopic (exact) mass is 371 g/mol. The van der Waals surface area contributed by atoms with E-state index in [0.29, 0.717) is 17.5 Å². The van der Waals surface area contributed by atoms with E-state index in [9.17, 15) is 14.4 Å². The largest absolute Gasteiger partial charge is 0.352 e. The second-order valence-electron chi connectivity index (χ2n) is 8.03. The maximum atomic E-state index is 12.8. The molecule has 1 aromatic carbocycles. The number of amides is 4. The number of aryl methyl sites for hydroxylation is 1. The summed E-state index contributed by atoms with van der Waals surface area (Å²) in [5.41, 5.74) is 1.75. The predicted molar refractivity (Wildman–Crippen MR) is 104 cm³/mol. The van der Waals surface area contributed by atoms with Crippen molar-refractivity contribution in [1.82, 2.24) is 10.2 Å². The van der Waals surface area contributed by atoms with Gasteiger partial charge in [-0.3, -0.25) is 19.4 Å². The van der Waals surface area contributed by atoms with Crippen molar-refractivity contribution in [3.8, 4) is 0 Å². The highest BCUT2D eigenvalue weighted by atomic mass is 16.2. The van der Waals surface area contributed by atoms with Crippen molar-refractivity contribution in [1.29, 1.82) is 0 Å². The molecule has 4 atom stereocenters. The number of rotatable bonds is 4. The molecule has 1 saturated carbocycles. The first-order valence-corrected chi connectivity index (χ1v) is 9.80. The fraction of sp³-hybridized carbons (Fsp3) is 0.571. The zero-order chi connectivity index (χ0) is 19.7. The summed E-state index contributed by atoms with van der Waals surface area (Å²) in [5, 5.41) is 3.04. The number of nitrogens with zero attached hydrogens (tertiary/aromatic N) is 2.